The summed E-state index contributed by atoms with van der Waals surface area (Å²) in [6.07, 6.45) is 13.5. The fourth-order valence-electron chi connectivity index (χ4n) is 5.00. The van der Waals surface area contributed by atoms with Crippen LogP contribution in [-0.2, 0) is 23.9 Å². The number of unbranched alkanes of at least 4 members (excludes halogenated alkanes) is 1. The van der Waals surface area contributed by atoms with Gasteiger partial charge in [0.15, 0.2) is 0 Å². The lowest BCUT2D eigenvalue weighted by atomic mass is 10.0. The summed E-state index contributed by atoms with van der Waals surface area (Å²) in [5.41, 5.74) is 1.97. The molecule has 1 saturated heterocycles. The third kappa shape index (κ3) is 18.8. The van der Waals surface area contributed by atoms with Gasteiger partial charge in [-0.15, -0.1) is 24.5 Å². The molecule has 0 aliphatic carbocycles. The van der Waals surface area contributed by atoms with Crippen molar-refractivity contribution in [1.82, 2.24) is 9.80 Å². The van der Waals surface area contributed by atoms with Crippen molar-refractivity contribution in [3.63, 3.8) is 0 Å². The maximum Gasteiger partial charge on any atom is 0.416 e. The average Bonchev–Trinajstić information content (AvgIpc) is 3.90. The van der Waals surface area contributed by atoms with E-state index in [0.29, 0.717) is 43.7 Å². The highest BCUT2D eigenvalue weighted by Gasteiger charge is 2.33. The third-order valence-corrected chi connectivity index (χ3v) is 8.94. The molecule has 3 heterocycles. The molecule has 308 valence electrons. The lowest BCUT2D eigenvalue weighted by molar-refractivity contribution is -0.137. The van der Waals surface area contributed by atoms with Crippen LogP contribution in [0.2, 0.25) is 0 Å². The van der Waals surface area contributed by atoms with Crippen LogP contribution < -0.4 is 5.32 Å². The number of alkyl halides is 3. The number of carbonyl (C=O) groups excluding carboxylic acids is 3. The van der Waals surface area contributed by atoms with Crippen LogP contribution in [-0.4, -0.2) is 47.2 Å². The van der Waals surface area contributed by atoms with E-state index in [1.807, 2.05) is 27.7 Å². The van der Waals surface area contributed by atoms with E-state index in [2.05, 4.69) is 83.5 Å². The van der Waals surface area contributed by atoms with E-state index >= 15 is 0 Å². The van der Waals surface area contributed by atoms with Crippen LogP contribution in [0, 0.1) is 0 Å². The van der Waals surface area contributed by atoms with E-state index in [9.17, 15) is 27.6 Å². The second-order valence-electron chi connectivity index (χ2n) is 12.1. The highest BCUT2D eigenvalue weighted by atomic mass is 32.1. The largest absolute Gasteiger partial charge is 0.416 e. The third-order valence-electron chi connectivity index (χ3n) is 7.92. The molecular formula is C45H68F3N3O3S. The van der Waals surface area contributed by atoms with Crippen molar-refractivity contribution < 1.29 is 27.6 Å². The number of amides is 3. The Morgan fingerprint density at radius 3 is 2.02 bits per heavy atom. The zero-order valence-electron chi connectivity index (χ0n) is 35.4. The van der Waals surface area contributed by atoms with E-state index in [-0.39, 0.29) is 17.2 Å². The van der Waals surface area contributed by atoms with Crippen molar-refractivity contribution in [3.05, 3.63) is 111 Å². The molecule has 0 spiro atoms. The van der Waals surface area contributed by atoms with Gasteiger partial charge in [0.2, 0.25) is 5.91 Å². The maximum absolute atomic E-state index is 13.5. The lowest BCUT2D eigenvalue weighted by Gasteiger charge is -2.27. The standard InChI is InChI=1S/C25H26F3N3O3S.C11H18.C3H8.2C2H6.C2H4/c1-3-15(2)23(33)31-9-6-19-20(14-35-21(19)13-31)22(32)29-18-11-16(10-17(12-18)25(26,27)28)24(34)30-7-4-5-8-30;1-4-6-7-8-9-10-11(3)5-2;1-3-2;3*1-2/h3,10-12,14H,4-9,13H2,1-2H3,(H,29,32);5,7-10H,4,6H2,1-3H3;3H2,1-2H3;2*1-2H3;1-2H2/b15-3+;8-7-,10-9-,11-5+;;;;. The summed E-state index contributed by atoms with van der Waals surface area (Å²) in [4.78, 5) is 42.4. The minimum atomic E-state index is -4.66. The Labute approximate surface area is 335 Å². The highest BCUT2D eigenvalue weighted by Crippen LogP contribution is 2.34. The van der Waals surface area contributed by atoms with Crippen LogP contribution >= 0.6 is 11.3 Å². The smallest absolute Gasteiger partial charge is 0.339 e. The number of nitrogens with zero attached hydrogens (tertiary/aromatic N) is 2. The first-order valence-corrected chi connectivity index (χ1v) is 20.5. The Balaban J connectivity index is 0. The van der Waals surface area contributed by atoms with Crippen LogP contribution in [0.25, 0.3) is 0 Å². The van der Waals surface area contributed by atoms with Gasteiger partial charge in [0.25, 0.3) is 11.8 Å². The van der Waals surface area contributed by atoms with E-state index < -0.39 is 23.6 Å². The van der Waals surface area contributed by atoms with Gasteiger partial charge in [-0.25, -0.2) is 0 Å². The molecule has 1 aromatic carbocycles. The second-order valence-corrected chi connectivity index (χ2v) is 13.0. The van der Waals surface area contributed by atoms with Gasteiger partial charge < -0.3 is 15.1 Å². The Morgan fingerprint density at radius 1 is 0.891 bits per heavy atom. The van der Waals surface area contributed by atoms with E-state index in [4.69, 9.17) is 0 Å². The normalized spacial score (nSPS) is 13.7. The summed E-state index contributed by atoms with van der Waals surface area (Å²) in [6.45, 7) is 30.0. The first-order chi connectivity index (χ1) is 26.3. The minimum Gasteiger partial charge on any atom is -0.339 e. The predicted octanol–water partition coefficient (Wildman–Crippen LogP) is 13.2. The summed E-state index contributed by atoms with van der Waals surface area (Å²) in [5, 5.41) is 4.23. The second kappa shape index (κ2) is 30.1. The molecule has 4 rings (SSSR count). The zero-order chi connectivity index (χ0) is 42.6. The number of halogens is 3. The van der Waals surface area contributed by atoms with E-state index in [1.165, 1.54) is 47.1 Å². The first kappa shape index (κ1) is 52.9. The highest BCUT2D eigenvalue weighted by molar-refractivity contribution is 7.10. The Kier molecular flexibility index (Phi) is 29.0. The molecule has 0 unspecified atom stereocenters. The fraction of sp³-hybridized carbons (Fsp3) is 0.489. The van der Waals surface area contributed by atoms with Crippen molar-refractivity contribution in [2.75, 3.05) is 25.0 Å². The van der Waals surface area contributed by atoms with Gasteiger partial charge >= 0.3 is 6.18 Å². The molecule has 0 saturated carbocycles. The quantitative estimate of drug-likeness (QED) is 0.165. The minimum absolute atomic E-state index is 0.0586. The van der Waals surface area contributed by atoms with Gasteiger partial charge in [0.05, 0.1) is 17.7 Å². The molecule has 2 aromatic rings. The number of allylic oxidation sites excluding steroid dienone is 7. The molecule has 0 atom stereocenters. The molecule has 1 fully saturated rings. The molecule has 3 amide bonds. The fourth-order valence-corrected chi connectivity index (χ4v) is 6.09. The summed E-state index contributed by atoms with van der Waals surface area (Å²) in [7, 11) is 0. The molecule has 1 N–H and O–H groups in total. The van der Waals surface area contributed by atoms with Gasteiger partial charge in [-0.3, -0.25) is 14.4 Å². The van der Waals surface area contributed by atoms with Gasteiger partial charge in [-0.05, 0) is 77.1 Å². The number of likely N-dealkylation sites (tertiary alicyclic amines) is 1. The molecule has 1 aromatic heterocycles. The van der Waals surface area contributed by atoms with Crippen molar-refractivity contribution in [2.45, 2.75) is 127 Å². The molecule has 0 radical (unpaired) electrons. The van der Waals surface area contributed by atoms with Crippen molar-refractivity contribution in [3.8, 4) is 0 Å². The van der Waals surface area contributed by atoms with Gasteiger partial charge in [-0.1, -0.05) is 103 Å². The van der Waals surface area contributed by atoms with Crippen LogP contribution in [0.15, 0.2) is 84.3 Å². The number of thiophene rings is 1. The van der Waals surface area contributed by atoms with Crippen LogP contribution in [0.4, 0.5) is 18.9 Å². The van der Waals surface area contributed by atoms with Crippen LogP contribution in [0.5, 0.6) is 0 Å². The molecule has 6 nitrogen and oxygen atoms in total. The van der Waals surface area contributed by atoms with E-state index in [1.54, 1.807) is 30.2 Å². The number of hydrogen-bond acceptors (Lipinski definition) is 4. The van der Waals surface area contributed by atoms with Crippen LogP contribution in [0.3, 0.4) is 0 Å². The number of rotatable bonds is 8. The van der Waals surface area contributed by atoms with Gasteiger partial charge in [0, 0.05) is 46.7 Å². The summed E-state index contributed by atoms with van der Waals surface area (Å²) in [6, 6.07) is 2.98. The van der Waals surface area contributed by atoms with Crippen molar-refractivity contribution in [2.24, 2.45) is 0 Å². The number of fused-ring (bicyclic) bond motifs is 1. The Bertz CT molecular complexity index is 1550. The van der Waals surface area contributed by atoms with Crippen LogP contribution in [0.1, 0.15) is 145 Å². The number of benzene rings is 1. The molecule has 10 heteroatoms. The molecular weight excluding hydrogens is 720 g/mol. The number of nitrogens with one attached hydrogen (secondary N) is 1. The monoisotopic (exact) mass is 787 g/mol. The van der Waals surface area contributed by atoms with Gasteiger partial charge in [0.1, 0.15) is 0 Å². The van der Waals surface area contributed by atoms with E-state index in [0.717, 1.165) is 35.4 Å². The summed E-state index contributed by atoms with van der Waals surface area (Å²) >= 11 is 1.35. The number of anilines is 1. The van der Waals surface area contributed by atoms with Crippen molar-refractivity contribution >= 4 is 34.7 Å². The number of carbonyl (C=O) groups is 3. The van der Waals surface area contributed by atoms with Gasteiger partial charge in [-0.2, -0.15) is 13.2 Å². The molecule has 0 bridgehead atoms. The first-order valence-electron chi connectivity index (χ1n) is 19.6. The number of hydrogen-bond donors (Lipinski definition) is 1. The predicted molar refractivity (Wildman–Crippen MR) is 230 cm³/mol. The molecule has 2 aliphatic heterocycles. The topological polar surface area (TPSA) is 69.7 Å². The maximum atomic E-state index is 13.5. The SMILES string of the molecule is C/C=C(C)/C=C\C=C/CCC.C/C=C(\C)C(=O)N1CCc2c(C(=O)Nc3cc(C(=O)N4CCCC4)cc(C(F)(F)F)c3)csc2C1.C=C.CC.CC.CCC. The Hall–Kier alpha value is -4.18. The Morgan fingerprint density at radius 2 is 1.49 bits per heavy atom. The average molecular weight is 788 g/mol. The lowest BCUT2D eigenvalue weighted by Crippen LogP contribution is -2.36. The summed E-state index contributed by atoms with van der Waals surface area (Å²) < 4.78 is 40.6. The molecule has 2 aliphatic rings. The summed E-state index contributed by atoms with van der Waals surface area (Å²) in [5.74, 6) is -1.07. The zero-order valence-corrected chi connectivity index (χ0v) is 36.2. The molecule has 55 heavy (non-hydrogen) atoms. The van der Waals surface area contributed by atoms with Crippen molar-refractivity contribution in [1.29, 1.82) is 0 Å².